The van der Waals surface area contributed by atoms with Gasteiger partial charge in [0.2, 0.25) is 5.91 Å². The lowest BCUT2D eigenvalue weighted by molar-refractivity contribution is -0.127. The van der Waals surface area contributed by atoms with Crippen molar-refractivity contribution in [1.82, 2.24) is 15.5 Å². The van der Waals surface area contributed by atoms with E-state index in [0.717, 1.165) is 16.9 Å². The summed E-state index contributed by atoms with van der Waals surface area (Å²) in [7, 11) is 3.46. The van der Waals surface area contributed by atoms with Crippen LogP contribution in [0.4, 0.5) is 0 Å². The third-order valence-corrected chi connectivity index (χ3v) is 4.59. The maximum absolute atomic E-state index is 12.0. The van der Waals surface area contributed by atoms with Crippen LogP contribution in [0.2, 0.25) is 0 Å². The van der Waals surface area contributed by atoms with Crippen LogP contribution in [0.1, 0.15) is 37.9 Å². The van der Waals surface area contributed by atoms with Crippen LogP contribution in [-0.4, -0.2) is 50.6 Å². The molecule has 0 aliphatic rings. The Labute approximate surface area is 185 Å². The number of aliphatic imine (C=N–C) groups is 1. The first-order valence-corrected chi connectivity index (χ1v) is 10.6. The van der Waals surface area contributed by atoms with Crippen molar-refractivity contribution in [2.75, 3.05) is 33.9 Å². The number of nitrogens with zero attached hydrogens (tertiary/aromatic N) is 2. The van der Waals surface area contributed by atoms with Crippen LogP contribution < -0.4 is 20.1 Å². The van der Waals surface area contributed by atoms with E-state index in [0.29, 0.717) is 31.5 Å². The van der Waals surface area contributed by atoms with Crippen molar-refractivity contribution in [1.29, 1.82) is 0 Å². The molecule has 0 aromatic heterocycles. The Balaban J connectivity index is 2.17. The van der Waals surface area contributed by atoms with Gasteiger partial charge in [0.25, 0.3) is 0 Å². The molecule has 1 unspecified atom stereocenters. The Morgan fingerprint density at radius 1 is 1.03 bits per heavy atom. The van der Waals surface area contributed by atoms with Gasteiger partial charge in [0.05, 0.1) is 32.3 Å². The first kappa shape index (κ1) is 24.1. The van der Waals surface area contributed by atoms with Gasteiger partial charge >= 0.3 is 0 Å². The van der Waals surface area contributed by atoms with E-state index in [1.54, 1.807) is 19.0 Å². The molecule has 1 amide bonds. The Kier molecular flexibility index (Phi) is 9.68. The van der Waals surface area contributed by atoms with Crippen molar-refractivity contribution < 1.29 is 14.3 Å². The lowest BCUT2D eigenvalue weighted by Gasteiger charge is -2.21. The van der Waals surface area contributed by atoms with Crippen LogP contribution in [0, 0.1) is 0 Å². The van der Waals surface area contributed by atoms with Crippen LogP contribution in [0.5, 0.6) is 11.5 Å². The fourth-order valence-electron chi connectivity index (χ4n) is 2.85. The monoisotopic (exact) mass is 426 g/mol. The summed E-state index contributed by atoms with van der Waals surface area (Å²) in [4.78, 5) is 18.3. The zero-order chi connectivity index (χ0) is 22.6. The van der Waals surface area contributed by atoms with E-state index >= 15 is 0 Å². The van der Waals surface area contributed by atoms with Gasteiger partial charge < -0.3 is 25.0 Å². The molecule has 0 aliphatic heterocycles. The topological polar surface area (TPSA) is 75.2 Å². The number of ether oxygens (including phenoxy) is 2. The van der Waals surface area contributed by atoms with E-state index in [1.165, 1.54) is 0 Å². The molecule has 7 nitrogen and oxygen atoms in total. The molecular formula is C24H34N4O3. The summed E-state index contributed by atoms with van der Waals surface area (Å²) in [5.41, 5.74) is 2.12. The van der Waals surface area contributed by atoms with Gasteiger partial charge in [-0.3, -0.25) is 4.79 Å². The quantitative estimate of drug-likeness (QED) is 0.450. The maximum Gasteiger partial charge on any atom is 0.241 e. The lowest BCUT2D eigenvalue weighted by atomic mass is 10.1. The molecule has 0 fully saturated rings. The molecule has 0 aliphatic carbocycles. The van der Waals surface area contributed by atoms with Gasteiger partial charge in [-0.2, -0.15) is 0 Å². The molecule has 168 valence electrons. The highest BCUT2D eigenvalue weighted by molar-refractivity contribution is 5.86. The van der Waals surface area contributed by atoms with Gasteiger partial charge in [-0.15, -0.1) is 0 Å². The van der Waals surface area contributed by atoms with Gasteiger partial charge in [0.15, 0.2) is 17.5 Å². The summed E-state index contributed by atoms with van der Waals surface area (Å²) in [5.74, 6) is 1.99. The molecule has 0 heterocycles. The zero-order valence-electron chi connectivity index (χ0n) is 19.1. The summed E-state index contributed by atoms with van der Waals surface area (Å²) < 4.78 is 11.4. The molecule has 2 rings (SSSR count). The summed E-state index contributed by atoms with van der Waals surface area (Å²) in [6.07, 6.45) is 0. The highest BCUT2D eigenvalue weighted by Gasteiger charge is 2.14. The zero-order valence-corrected chi connectivity index (χ0v) is 19.1. The normalized spacial score (nSPS) is 12.1. The molecule has 0 spiro atoms. The van der Waals surface area contributed by atoms with E-state index in [4.69, 9.17) is 9.47 Å². The average Bonchev–Trinajstić information content (AvgIpc) is 2.77. The fourth-order valence-corrected chi connectivity index (χ4v) is 2.85. The number of carbonyl (C=O) groups is 1. The van der Waals surface area contributed by atoms with Crippen molar-refractivity contribution in [3.63, 3.8) is 0 Å². The minimum atomic E-state index is -0.0636. The molecular weight excluding hydrogens is 392 g/mol. The minimum Gasteiger partial charge on any atom is -0.490 e. The Bertz CT molecular complexity index is 853. The summed E-state index contributed by atoms with van der Waals surface area (Å²) in [5, 5.41) is 6.53. The summed E-state index contributed by atoms with van der Waals surface area (Å²) in [6.45, 7) is 7.74. The Morgan fingerprint density at radius 2 is 1.71 bits per heavy atom. The molecule has 2 aromatic rings. The smallest absolute Gasteiger partial charge is 0.241 e. The molecule has 0 saturated carbocycles. The maximum atomic E-state index is 12.0. The van der Waals surface area contributed by atoms with Crippen LogP contribution in [-0.2, 0) is 11.3 Å². The van der Waals surface area contributed by atoms with E-state index in [9.17, 15) is 4.79 Å². The van der Waals surface area contributed by atoms with Gasteiger partial charge in [-0.25, -0.2) is 4.99 Å². The predicted molar refractivity (Wildman–Crippen MR) is 125 cm³/mol. The predicted octanol–water partition coefficient (Wildman–Crippen LogP) is 3.37. The number of nitrogens with one attached hydrogen (secondary N) is 2. The number of rotatable bonds is 10. The second-order valence-electron chi connectivity index (χ2n) is 7.23. The number of hydrogen-bond donors (Lipinski definition) is 2. The van der Waals surface area contributed by atoms with E-state index in [-0.39, 0.29) is 18.5 Å². The van der Waals surface area contributed by atoms with Crippen LogP contribution in [0.25, 0.3) is 0 Å². The molecule has 0 radical (unpaired) electrons. The van der Waals surface area contributed by atoms with Gasteiger partial charge in [-0.05, 0) is 44.0 Å². The van der Waals surface area contributed by atoms with Crippen LogP contribution in [0.15, 0.2) is 53.5 Å². The number of likely N-dealkylation sites (N-methyl/N-ethyl adjacent to an activating group) is 1. The van der Waals surface area contributed by atoms with Crippen molar-refractivity contribution in [3.8, 4) is 11.5 Å². The van der Waals surface area contributed by atoms with Crippen molar-refractivity contribution in [2.24, 2.45) is 4.99 Å². The molecule has 31 heavy (non-hydrogen) atoms. The van der Waals surface area contributed by atoms with Gasteiger partial charge in [-0.1, -0.05) is 36.4 Å². The molecule has 2 aromatic carbocycles. The van der Waals surface area contributed by atoms with E-state index < -0.39 is 0 Å². The highest BCUT2D eigenvalue weighted by atomic mass is 16.5. The van der Waals surface area contributed by atoms with Gasteiger partial charge in [0.1, 0.15) is 0 Å². The SMILES string of the molecule is CCOc1ccc(C(C)NC(=NCc2ccccc2)NCC(=O)N(C)C)cc1OCC. The fraction of sp³-hybridized carbons (Fsp3) is 0.417. The number of hydrogen-bond acceptors (Lipinski definition) is 4. The summed E-state index contributed by atoms with van der Waals surface area (Å²) in [6, 6.07) is 15.8. The van der Waals surface area contributed by atoms with Crippen LogP contribution in [0.3, 0.4) is 0 Å². The highest BCUT2D eigenvalue weighted by Crippen LogP contribution is 2.30. The largest absolute Gasteiger partial charge is 0.490 e. The van der Waals surface area contributed by atoms with Crippen LogP contribution >= 0.6 is 0 Å². The molecule has 0 bridgehead atoms. The number of benzene rings is 2. The van der Waals surface area contributed by atoms with Gasteiger partial charge in [0, 0.05) is 14.1 Å². The number of carbonyl (C=O) groups excluding carboxylic acids is 1. The molecule has 7 heteroatoms. The second kappa shape index (κ2) is 12.5. The molecule has 0 saturated heterocycles. The van der Waals surface area contributed by atoms with Crippen molar-refractivity contribution >= 4 is 11.9 Å². The average molecular weight is 427 g/mol. The molecule has 2 N–H and O–H groups in total. The van der Waals surface area contributed by atoms with E-state index in [2.05, 4.69) is 15.6 Å². The third kappa shape index (κ3) is 7.85. The Morgan fingerprint density at radius 3 is 2.35 bits per heavy atom. The molecule has 1 atom stereocenters. The van der Waals surface area contributed by atoms with Crippen molar-refractivity contribution in [2.45, 2.75) is 33.4 Å². The van der Waals surface area contributed by atoms with E-state index in [1.807, 2.05) is 69.3 Å². The second-order valence-corrected chi connectivity index (χ2v) is 7.23. The summed E-state index contributed by atoms with van der Waals surface area (Å²) >= 11 is 0. The Hall–Kier alpha value is -3.22. The standard InChI is InChI=1S/C24H34N4O3/c1-6-30-21-14-13-20(15-22(21)31-7-2)18(3)27-24(26-17-23(29)28(4)5)25-16-19-11-9-8-10-12-19/h8-15,18H,6-7,16-17H2,1-5H3,(H2,25,26,27). The number of amides is 1. The number of guanidine groups is 1. The third-order valence-electron chi connectivity index (χ3n) is 4.59. The first-order chi connectivity index (χ1) is 14.9. The first-order valence-electron chi connectivity index (χ1n) is 10.6. The van der Waals surface area contributed by atoms with Crippen molar-refractivity contribution in [3.05, 3.63) is 59.7 Å². The minimum absolute atomic E-state index is 0.0263. The lowest BCUT2D eigenvalue weighted by Crippen LogP contribution is -2.43.